The number of amides is 1. The van der Waals surface area contributed by atoms with Gasteiger partial charge in [0.25, 0.3) is 5.91 Å². The van der Waals surface area contributed by atoms with Crippen LogP contribution >= 0.6 is 0 Å². The molecular weight excluding hydrogens is 324 g/mol. The van der Waals surface area contributed by atoms with Crippen molar-refractivity contribution in [2.75, 3.05) is 10.6 Å². The highest BCUT2D eigenvalue weighted by Gasteiger charge is 2.09. The van der Waals surface area contributed by atoms with Gasteiger partial charge in [0.2, 0.25) is 0 Å². The normalized spacial score (nSPS) is 10.4. The molecule has 0 bridgehead atoms. The summed E-state index contributed by atoms with van der Waals surface area (Å²) >= 11 is 0. The van der Waals surface area contributed by atoms with Gasteiger partial charge in [-0.3, -0.25) is 4.79 Å². The first-order valence-corrected chi connectivity index (χ1v) is 8.61. The van der Waals surface area contributed by atoms with Crippen molar-refractivity contribution < 1.29 is 4.79 Å². The van der Waals surface area contributed by atoms with Gasteiger partial charge in [0, 0.05) is 11.4 Å². The number of anilines is 3. The average molecular weight is 346 g/mol. The van der Waals surface area contributed by atoms with E-state index in [-0.39, 0.29) is 11.6 Å². The van der Waals surface area contributed by atoms with E-state index in [1.54, 1.807) is 6.20 Å². The van der Waals surface area contributed by atoms with Gasteiger partial charge in [0.15, 0.2) is 0 Å². The Morgan fingerprint density at radius 1 is 0.923 bits per heavy atom. The van der Waals surface area contributed by atoms with Crippen LogP contribution < -0.4 is 10.6 Å². The Labute approximate surface area is 153 Å². The highest BCUT2D eigenvalue weighted by molar-refractivity contribution is 6.02. The molecular formula is C21H22N4O. The zero-order valence-electron chi connectivity index (χ0n) is 15.2. The molecule has 2 aromatic carbocycles. The predicted octanol–water partition coefficient (Wildman–Crippen LogP) is 4.65. The lowest BCUT2D eigenvalue weighted by Crippen LogP contribution is -2.14. The second kappa shape index (κ2) is 7.78. The van der Waals surface area contributed by atoms with E-state index in [1.807, 2.05) is 50.2 Å². The van der Waals surface area contributed by atoms with Gasteiger partial charge < -0.3 is 10.6 Å². The van der Waals surface area contributed by atoms with E-state index in [1.165, 1.54) is 22.9 Å². The van der Waals surface area contributed by atoms with E-state index in [4.69, 9.17) is 0 Å². The number of carbonyl (C=O) groups is 1. The Morgan fingerprint density at radius 2 is 1.62 bits per heavy atom. The van der Waals surface area contributed by atoms with E-state index >= 15 is 0 Å². The quantitative estimate of drug-likeness (QED) is 0.705. The number of carbonyl (C=O) groups excluding carboxylic acids is 1. The topological polar surface area (TPSA) is 66.9 Å². The summed E-state index contributed by atoms with van der Waals surface area (Å²) in [5.74, 6) is 0.318. The van der Waals surface area contributed by atoms with Crippen molar-refractivity contribution in [3.05, 3.63) is 77.2 Å². The van der Waals surface area contributed by atoms with Gasteiger partial charge in [0.05, 0.1) is 12.4 Å². The van der Waals surface area contributed by atoms with Crippen LogP contribution in [0.3, 0.4) is 0 Å². The fourth-order valence-electron chi connectivity index (χ4n) is 2.72. The predicted molar refractivity (Wildman–Crippen MR) is 105 cm³/mol. The summed E-state index contributed by atoms with van der Waals surface area (Å²) in [5.41, 5.74) is 5.53. The Hall–Kier alpha value is -3.21. The number of aromatic nitrogens is 2. The second-order valence-corrected chi connectivity index (χ2v) is 6.29. The molecule has 0 saturated heterocycles. The molecule has 26 heavy (non-hydrogen) atoms. The minimum Gasteiger partial charge on any atom is -0.339 e. The standard InChI is InChI=1S/C21H22N4O/c1-4-16-5-7-17(8-6-16)25-21(26)19-12-23-20(13-22-19)24-18-10-14(2)9-15(3)11-18/h5-13H,4H2,1-3H3,(H,23,24)(H,25,26). The molecule has 5 heteroatoms. The van der Waals surface area contributed by atoms with Crippen molar-refractivity contribution in [1.29, 1.82) is 0 Å². The van der Waals surface area contributed by atoms with E-state index in [0.29, 0.717) is 5.82 Å². The lowest BCUT2D eigenvalue weighted by atomic mass is 10.1. The number of nitrogens with zero attached hydrogens (tertiary/aromatic N) is 2. The third-order valence-corrected chi connectivity index (χ3v) is 4.00. The van der Waals surface area contributed by atoms with E-state index in [9.17, 15) is 4.79 Å². The SMILES string of the molecule is CCc1ccc(NC(=O)c2cnc(Nc3cc(C)cc(C)c3)cn2)cc1. The number of nitrogens with one attached hydrogen (secondary N) is 2. The number of aryl methyl sites for hydroxylation is 3. The summed E-state index contributed by atoms with van der Waals surface area (Å²) in [5, 5.41) is 6.04. The largest absolute Gasteiger partial charge is 0.339 e. The Kier molecular flexibility index (Phi) is 5.27. The Morgan fingerprint density at radius 3 is 2.19 bits per heavy atom. The van der Waals surface area contributed by atoms with Crippen molar-refractivity contribution in [1.82, 2.24) is 9.97 Å². The number of benzene rings is 2. The van der Waals surface area contributed by atoms with Crippen molar-refractivity contribution in [3.8, 4) is 0 Å². The molecule has 0 aliphatic carbocycles. The van der Waals surface area contributed by atoms with Crippen LogP contribution in [0.1, 0.15) is 34.1 Å². The van der Waals surface area contributed by atoms with Crippen molar-refractivity contribution in [2.45, 2.75) is 27.2 Å². The van der Waals surface area contributed by atoms with Crippen LogP contribution in [0.4, 0.5) is 17.2 Å². The van der Waals surface area contributed by atoms with E-state index in [2.05, 4.69) is 33.6 Å². The maximum absolute atomic E-state index is 12.3. The molecule has 2 N–H and O–H groups in total. The zero-order chi connectivity index (χ0) is 18.5. The van der Waals surface area contributed by atoms with Crippen LogP contribution in [0.2, 0.25) is 0 Å². The number of hydrogen-bond donors (Lipinski definition) is 2. The summed E-state index contributed by atoms with van der Waals surface area (Å²) < 4.78 is 0. The maximum Gasteiger partial charge on any atom is 0.275 e. The molecule has 1 amide bonds. The minimum atomic E-state index is -0.278. The molecule has 0 spiro atoms. The van der Waals surface area contributed by atoms with Gasteiger partial charge >= 0.3 is 0 Å². The lowest BCUT2D eigenvalue weighted by molar-refractivity contribution is 0.102. The first-order valence-electron chi connectivity index (χ1n) is 8.61. The van der Waals surface area contributed by atoms with Crippen LogP contribution in [-0.2, 0) is 6.42 Å². The molecule has 0 atom stereocenters. The van der Waals surface area contributed by atoms with Gasteiger partial charge in [0.1, 0.15) is 11.5 Å². The number of rotatable bonds is 5. The molecule has 1 aromatic heterocycles. The van der Waals surface area contributed by atoms with Gasteiger partial charge in [-0.2, -0.15) is 0 Å². The highest BCUT2D eigenvalue weighted by atomic mass is 16.1. The highest BCUT2D eigenvalue weighted by Crippen LogP contribution is 2.18. The first-order chi connectivity index (χ1) is 12.5. The van der Waals surface area contributed by atoms with E-state index in [0.717, 1.165) is 17.8 Å². The zero-order valence-corrected chi connectivity index (χ0v) is 15.2. The molecule has 0 radical (unpaired) electrons. The lowest BCUT2D eigenvalue weighted by Gasteiger charge is -2.09. The first kappa shape index (κ1) is 17.6. The van der Waals surface area contributed by atoms with Crippen molar-refractivity contribution in [3.63, 3.8) is 0 Å². The maximum atomic E-state index is 12.3. The van der Waals surface area contributed by atoms with Crippen LogP contribution in [0.25, 0.3) is 0 Å². The number of hydrogen-bond acceptors (Lipinski definition) is 4. The molecule has 0 fully saturated rings. The minimum absolute atomic E-state index is 0.274. The molecule has 0 aliphatic rings. The summed E-state index contributed by atoms with van der Waals surface area (Å²) in [6, 6.07) is 14.0. The van der Waals surface area contributed by atoms with Crippen molar-refractivity contribution >= 4 is 23.1 Å². The Balaban J connectivity index is 1.67. The second-order valence-electron chi connectivity index (χ2n) is 6.29. The van der Waals surface area contributed by atoms with Crippen LogP contribution in [0, 0.1) is 13.8 Å². The van der Waals surface area contributed by atoms with Crippen LogP contribution in [0.5, 0.6) is 0 Å². The van der Waals surface area contributed by atoms with Gasteiger partial charge in [-0.1, -0.05) is 25.1 Å². The van der Waals surface area contributed by atoms with Crippen LogP contribution in [0.15, 0.2) is 54.9 Å². The third kappa shape index (κ3) is 4.45. The smallest absolute Gasteiger partial charge is 0.275 e. The molecule has 5 nitrogen and oxygen atoms in total. The molecule has 3 rings (SSSR count). The molecule has 3 aromatic rings. The van der Waals surface area contributed by atoms with Gasteiger partial charge in [-0.05, 0) is 61.2 Å². The third-order valence-electron chi connectivity index (χ3n) is 4.00. The van der Waals surface area contributed by atoms with Gasteiger partial charge in [-0.25, -0.2) is 9.97 Å². The summed E-state index contributed by atoms with van der Waals surface area (Å²) in [4.78, 5) is 20.8. The molecule has 0 unspecified atom stereocenters. The van der Waals surface area contributed by atoms with Gasteiger partial charge in [-0.15, -0.1) is 0 Å². The molecule has 132 valence electrons. The van der Waals surface area contributed by atoms with E-state index < -0.39 is 0 Å². The Bertz CT molecular complexity index is 882. The summed E-state index contributed by atoms with van der Waals surface area (Å²) in [7, 11) is 0. The fourth-order valence-corrected chi connectivity index (χ4v) is 2.72. The summed E-state index contributed by atoms with van der Waals surface area (Å²) in [6.07, 6.45) is 4.00. The monoisotopic (exact) mass is 346 g/mol. The summed E-state index contributed by atoms with van der Waals surface area (Å²) in [6.45, 7) is 6.19. The van der Waals surface area contributed by atoms with Crippen molar-refractivity contribution in [2.24, 2.45) is 0 Å². The fraction of sp³-hybridized carbons (Fsp3) is 0.190. The molecule has 0 aliphatic heterocycles. The molecule has 1 heterocycles. The van der Waals surface area contributed by atoms with Crippen LogP contribution in [-0.4, -0.2) is 15.9 Å². The molecule has 0 saturated carbocycles. The average Bonchev–Trinajstić information content (AvgIpc) is 2.62.